The maximum atomic E-state index is 13.4. The number of aromatic nitrogens is 2. The van der Waals surface area contributed by atoms with Gasteiger partial charge in [0.25, 0.3) is 0 Å². The van der Waals surface area contributed by atoms with E-state index in [1.807, 2.05) is 71.4 Å². The number of carbonyl (C=O) groups excluding carboxylic acids is 3. The lowest BCUT2D eigenvalue weighted by molar-refractivity contribution is -0.141. The molecule has 4 aromatic rings. The molecule has 47 heavy (non-hydrogen) atoms. The largest absolute Gasteiger partial charge is 0.493 e. The molecule has 0 spiro atoms. The van der Waals surface area contributed by atoms with Crippen LogP contribution in [0.25, 0.3) is 11.1 Å². The summed E-state index contributed by atoms with van der Waals surface area (Å²) in [7, 11) is 0. The Morgan fingerprint density at radius 2 is 1.85 bits per heavy atom. The maximum Gasteiger partial charge on any atom is 0.325 e. The predicted octanol–water partition coefficient (Wildman–Crippen LogP) is 6.60. The molecule has 1 atom stereocenters. The summed E-state index contributed by atoms with van der Waals surface area (Å²) >= 11 is 0. The highest BCUT2D eigenvalue weighted by Crippen LogP contribution is 2.36. The van der Waals surface area contributed by atoms with Crippen molar-refractivity contribution in [3.05, 3.63) is 95.3 Å². The summed E-state index contributed by atoms with van der Waals surface area (Å²) < 4.78 is 12.7. The normalized spacial score (nSPS) is 13.0. The Bertz CT molecular complexity index is 1730. The minimum atomic E-state index is -0.492. The molecule has 1 aliphatic heterocycles. The number of carbonyl (C=O) groups is 3. The molecule has 1 aliphatic rings. The Hall–Kier alpha value is -5.12. The number of urea groups is 1. The van der Waals surface area contributed by atoms with Gasteiger partial charge in [-0.05, 0) is 99.0 Å². The molecular weight excluding hydrogens is 594 g/mol. The third-order valence-corrected chi connectivity index (χ3v) is 8.53. The second-order valence-electron chi connectivity index (χ2n) is 11.7. The fourth-order valence-corrected chi connectivity index (χ4v) is 5.83. The zero-order valence-electron chi connectivity index (χ0n) is 27.5. The van der Waals surface area contributed by atoms with Crippen molar-refractivity contribution in [1.29, 1.82) is 0 Å². The van der Waals surface area contributed by atoms with Gasteiger partial charge in [-0.3, -0.25) is 14.3 Å². The first-order valence-corrected chi connectivity index (χ1v) is 16.2. The summed E-state index contributed by atoms with van der Waals surface area (Å²) in [5.41, 5.74) is 8.06. The fraction of sp³-hybridized carbons (Fsp3) is 0.351. The highest BCUT2D eigenvalue weighted by Gasteiger charge is 2.25. The third kappa shape index (κ3) is 8.19. The second-order valence-corrected chi connectivity index (χ2v) is 11.7. The van der Waals surface area contributed by atoms with Crippen LogP contribution < -0.4 is 20.3 Å². The summed E-state index contributed by atoms with van der Waals surface area (Å²) in [4.78, 5) is 39.1. The Kier molecular flexibility index (Phi) is 10.9. The average molecular weight is 638 g/mol. The SMILES string of the molecule is CCOC(=O)CNC(=O)Nc1cccc(C(C)n2cc(-c3cccc4c3CCCN4C(=O)CCCOc3cccc(C)c3C)cn2)c1. The van der Waals surface area contributed by atoms with E-state index in [2.05, 4.69) is 41.7 Å². The Balaban J connectivity index is 1.23. The van der Waals surface area contributed by atoms with Gasteiger partial charge in [-0.2, -0.15) is 5.10 Å². The maximum absolute atomic E-state index is 13.4. The van der Waals surface area contributed by atoms with Gasteiger partial charge in [-0.15, -0.1) is 0 Å². The van der Waals surface area contributed by atoms with Gasteiger partial charge in [-0.25, -0.2) is 4.79 Å². The van der Waals surface area contributed by atoms with E-state index < -0.39 is 12.0 Å². The number of aryl methyl sites for hydroxylation is 1. The van der Waals surface area contributed by atoms with E-state index in [0.29, 0.717) is 31.7 Å². The first-order valence-electron chi connectivity index (χ1n) is 16.2. The number of esters is 1. The number of rotatable bonds is 12. The minimum absolute atomic E-state index is 0.111. The van der Waals surface area contributed by atoms with Crippen molar-refractivity contribution in [2.45, 2.75) is 59.4 Å². The van der Waals surface area contributed by atoms with Gasteiger partial charge in [-0.1, -0.05) is 36.4 Å². The van der Waals surface area contributed by atoms with Gasteiger partial charge in [0, 0.05) is 36.1 Å². The van der Waals surface area contributed by atoms with Crippen LogP contribution in [0.15, 0.2) is 73.1 Å². The summed E-state index contributed by atoms with van der Waals surface area (Å²) in [6.07, 6.45) is 6.74. The van der Waals surface area contributed by atoms with E-state index in [1.165, 1.54) is 5.56 Å². The lowest BCUT2D eigenvalue weighted by atomic mass is 9.93. The van der Waals surface area contributed by atoms with Crippen molar-refractivity contribution >= 4 is 29.3 Å². The molecule has 0 aliphatic carbocycles. The molecular formula is C37H43N5O5. The molecule has 5 rings (SSSR count). The zero-order chi connectivity index (χ0) is 33.3. The van der Waals surface area contributed by atoms with Crippen molar-refractivity contribution in [2.75, 3.05) is 36.5 Å². The molecule has 1 unspecified atom stereocenters. The number of benzene rings is 3. The zero-order valence-corrected chi connectivity index (χ0v) is 27.5. The van der Waals surface area contributed by atoms with E-state index in [4.69, 9.17) is 9.47 Å². The van der Waals surface area contributed by atoms with E-state index >= 15 is 0 Å². The van der Waals surface area contributed by atoms with Crippen LogP contribution in [-0.2, 0) is 20.7 Å². The average Bonchev–Trinajstić information content (AvgIpc) is 3.57. The Morgan fingerprint density at radius 3 is 2.68 bits per heavy atom. The van der Waals surface area contributed by atoms with Crippen LogP contribution in [0.3, 0.4) is 0 Å². The monoisotopic (exact) mass is 637 g/mol. The molecule has 3 amide bonds. The van der Waals surface area contributed by atoms with E-state index in [0.717, 1.165) is 52.1 Å². The van der Waals surface area contributed by atoms with E-state index in [9.17, 15) is 14.4 Å². The highest BCUT2D eigenvalue weighted by molar-refractivity contribution is 5.96. The van der Waals surface area contributed by atoms with Gasteiger partial charge in [0.05, 0.1) is 25.5 Å². The third-order valence-electron chi connectivity index (χ3n) is 8.53. The molecule has 246 valence electrons. The fourth-order valence-electron chi connectivity index (χ4n) is 5.83. The number of nitrogens with one attached hydrogen (secondary N) is 2. The quantitative estimate of drug-likeness (QED) is 0.134. The van der Waals surface area contributed by atoms with Gasteiger partial charge >= 0.3 is 12.0 Å². The first-order chi connectivity index (χ1) is 22.7. The number of amides is 3. The summed E-state index contributed by atoms with van der Waals surface area (Å²) in [5.74, 6) is 0.494. The molecule has 2 N–H and O–H groups in total. The molecule has 0 saturated heterocycles. The van der Waals surface area contributed by atoms with Gasteiger partial charge < -0.3 is 25.0 Å². The molecule has 0 saturated carbocycles. The number of hydrogen-bond acceptors (Lipinski definition) is 6. The Labute approximate surface area is 276 Å². The number of anilines is 2. The topological polar surface area (TPSA) is 115 Å². The van der Waals surface area contributed by atoms with Crippen LogP contribution in [0.2, 0.25) is 0 Å². The molecule has 1 aromatic heterocycles. The number of ether oxygens (including phenoxy) is 2. The van der Waals surface area contributed by atoms with Crippen LogP contribution in [-0.4, -0.2) is 54.0 Å². The lowest BCUT2D eigenvalue weighted by Gasteiger charge is -2.31. The smallest absolute Gasteiger partial charge is 0.325 e. The van der Waals surface area contributed by atoms with Crippen LogP contribution in [0.4, 0.5) is 16.2 Å². The molecule has 0 radical (unpaired) electrons. The molecule has 3 aromatic carbocycles. The van der Waals surface area contributed by atoms with Gasteiger partial charge in [0.2, 0.25) is 5.91 Å². The van der Waals surface area contributed by atoms with E-state index in [1.54, 1.807) is 13.0 Å². The van der Waals surface area contributed by atoms with Crippen LogP contribution in [0.1, 0.15) is 61.4 Å². The Morgan fingerprint density at radius 1 is 1.04 bits per heavy atom. The molecule has 0 fully saturated rings. The summed E-state index contributed by atoms with van der Waals surface area (Å²) in [6, 6.07) is 19.1. The van der Waals surface area contributed by atoms with Crippen molar-refractivity contribution in [1.82, 2.24) is 15.1 Å². The molecule has 10 heteroatoms. The second kappa shape index (κ2) is 15.4. The standard InChI is InChI=1S/C37H43N5O5/c1-5-46-36(44)23-38-37(45)40-30-13-7-12-28(21-30)27(4)42-24-29(22-39-42)31-14-8-16-33-32(31)15-9-19-41(33)35(43)18-10-20-47-34-17-6-11-25(2)26(34)3/h6-8,11-14,16-17,21-22,24,27H,5,9-10,15,18-20,23H2,1-4H3,(H2,38,40,45). The summed E-state index contributed by atoms with van der Waals surface area (Å²) in [5, 5.41) is 9.95. The van der Waals surface area contributed by atoms with Crippen molar-refractivity contribution in [2.24, 2.45) is 0 Å². The number of hydrogen-bond donors (Lipinski definition) is 2. The van der Waals surface area contributed by atoms with Crippen molar-refractivity contribution < 1.29 is 23.9 Å². The van der Waals surface area contributed by atoms with Gasteiger partial charge in [0.1, 0.15) is 12.3 Å². The lowest BCUT2D eigenvalue weighted by Crippen LogP contribution is -2.35. The summed E-state index contributed by atoms with van der Waals surface area (Å²) in [6.45, 7) is 9.13. The van der Waals surface area contributed by atoms with Crippen LogP contribution in [0, 0.1) is 13.8 Å². The van der Waals surface area contributed by atoms with Crippen molar-refractivity contribution in [3.63, 3.8) is 0 Å². The van der Waals surface area contributed by atoms with Crippen LogP contribution >= 0.6 is 0 Å². The van der Waals surface area contributed by atoms with Crippen LogP contribution in [0.5, 0.6) is 5.75 Å². The number of fused-ring (bicyclic) bond motifs is 1. The number of nitrogens with zero attached hydrogens (tertiary/aromatic N) is 3. The van der Waals surface area contributed by atoms with Crippen molar-refractivity contribution in [3.8, 4) is 16.9 Å². The van der Waals surface area contributed by atoms with E-state index in [-0.39, 0.29) is 25.1 Å². The minimum Gasteiger partial charge on any atom is -0.493 e. The molecule has 10 nitrogen and oxygen atoms in total. The van der Waals surface area contributed by atoms with Gasteiger partial charge in [0.15, 0.2) is 0 Å². The molecule has 0 bridgehead atoms. The molecule has 2 heterocycles. The highest BCUT2D eigenvalue weighted by atomic mass is 16.5. The predicted molar refractivity (Wildman–Crippen MR) is 183 cm³/mol. The first kappa shape index (κ1) is 33.2.